The van der Waals surface area contributed by atoms with Crippen LogP contribution < -0.4 is 5.32 Å². The van der Waals surface area contributed by atoms with Crippen LogP contribution in [0.1, 0.15) is 11.1 Å². The number of thiophene rings is 1. The molecule has 2 aromatic heterocycles. The number of benzene rings is 1. The highest BCUT2D eigenvalue weighted by Gasteiger charge is 2.07. The summed E-state index contributed by atoms with van der Waals surface area (Å²) in [5.74, 6) is 0.670. The average Bonchev–Trinajstić information content (AvgIpc) is 2.84. The molecule has 0 radical (unpaired) electrons. The molecule has 3 rings (SSSR count). The first-order valence-electron chi connectivity index (χ1n) is 6.41. The largest absolute Gasteiger partial charge is 0.369 e. The molecular weight excluding hydrogens is 273 g/mol. The molecule has 0 unspecified atom stereocenters. The topological polar surface area (TPSA) is 37.8 Å². The van der Waals surface area contributed by atoms with Crippen molar-refractivity contribution in [1.82, 2.24) is 9.97 Å². The van der Waals surface area contributed by atoms with E-state index < -0.39 is 0 Å². The van der Waals surface area contributed by atoms with Crippen LogP contribution in [0.4, 0.5) is 10.2 Å². The first-order valence-corrected chi connectivity index (χ1v) is 7.29. The molecule has 5 heteroatoms. The number of aromatic nitrogens is 2. The number of aryl methyl sites for hydroxylation is 1. The highest BCUT2D eigenvalue weighted by atomic mass is 32.1. The fraction of sp³-hybridized carbons (Fsp3) is 0.200. The summed E-state index contributed by atoms with van der Waals surface area (Å²) in [7, 11) is 0. The predicted molar refractivity (Wildman–Crippen MR) is 80.7 cm³/mol. The zero-order valence-electron chi connectivity index (χ0n) is 11.1. The second kappa shape index (κ2) is 5.54. The maximum Gasteiger partial charge on any atom is 0.138 e. The zero-order valence-corrected chi connectivity index (χ0v) is 11.9. The summed E-state index contributed by atoms with van der Waals surface area (Å²) in [5, 5.41) is 6.52. The molecule has 3 aromatic rings. The number of anilines is 1. The lowest BCUT2D eigenvalue weighted by Crippen LogP contribution is -2.07. The molecule has 2 heterocycles. The van der Waals surface area contributed by atoms with E-state index in [2.05, 4.69) is 27.6 Å². The molecule has 0 saturated carbocycles. The van der Waals surface area contributed by atoms with Crippen molar-refractivity contribution in [3.8, 4) is 0 Å². The van der Waals surface area contributed by atoms with E-state index in [0.717, 1.165) is 34.6 Å². The SMILES string of the molecule is Cc1csc2ncnc(NCCc3ccc(F)cc3)c12. The number of rotatable bonds is 4. The van der Waals surface area contributed by atoms with Gasteiger partial charge in [-0.2, -0.15) is 0 Å². The van der Waals surface area contributed by atoms with Crippen LogP contribution in [0, 0.1) is 12.7 Å². The third kappa shape index (κ3) is 2.63. The summed E-state index contributed by atoms with van der Waals surface area (Å²) >= 11 is 1.63. The maximum atomic E-state index is 12.8. The number of nitrogens with zero attached hydrogens (tertiary/aromatic N) is 2. The average molecular weight is 287 g/mol. The molecule has 0 aliphatic heterocycles. The molecule has 1 aromatic carbocycles. The maximum absolute atomic E-state index is 12.8. The van der Waals surface area contributed by atoms with Gasteiger partial charge in [0.25, 0.3) is 0 Å². The Morgan fingerprint density at radius 1 is 1.20 bits per heavy atom. The van der Waals surface area contributed by atoms with E-state index in [1.165, 1.54) is 17.7 Å². The van der Waals surface area contributed by atoms with Gasteiger partial charge in [-0.15, -0.1) is 11.3 Å². The van der Waals surface area contributed by atoms with E-state index in [-0.39, 0.29) is 5.82 Å². The molecule has 3 nitrogen and oxygen atoms in total. The van der Waals surface area contributed by atoms with Crippen LogP contribution in [0.5, 0.6) is 0 Å². The smallest absolute Gasteiger partial charge is 0.138 e. The van der Waals surface area contributed by atoms with Crippen molar-refractivity contribution in [2.24, 2.45) is 0 Å². The highest BCUT2D eigenvalue weighted by Crippen LogP contribution is 2.28. The Morgan fingerprint density at radius 2 is 2.00 bits per heavy atom. The molecule has 0 aliphatic rings. The van der Waals surface area contributed by atoms with E-state index in [1.54, 1.807) is 17.7 Å². The zero-order chi connectivity index (χ0) is 13.9. The van der Waals surface area contributed by atoms with E-state index in [1.807, 2.05) is 12.1 Å². The lowest BCUT2D eigenvalue weighted by atomic mass is 10.1. The first-order chi connectivity index (χ1) is 9.74. The summed E-state index contributed by atoms with van der Waals surface area (Å²) in [6.07, 6.45) is 2.41. The van der Waals surface area contributed by atoms with Crippen molar-refractivity contribution in [2.45, 2.75) is 13.3 Å². The van der Waals surface area contributed by atoms with Gasteiger partial charge in [0, 0.05) is 6.54 Å². The summed E-state index contributed by atoms with van der Waals surface area (Å²) in [6.45, 7) is 2.82. The Hall–Kier alpha value is -2.01. The van der Waals surface area contributed by atoms with Crippen molar-refractivity contribution in [1.29, 1.82) is 0 Å². The number of nitrogens with one attached hydrogen (secondary N) is 1. The Morgan fingerprint density at radius 3 is 2.80 bits per heavy atom. The first kappa shape index (κ1) is 13.0. The van der Waals surface area contributed by atoms with E-state index >= 15 is 0 Å². The minimum Gasteiger partial charge on any atom is -0.369 e. The van der Waals surface area contributed by atoms with Gasteiger partial charge in [0.1, 0.15) is 22.8 Å². The molecular formula is C15H14FN3S. The summed E-state index contributed by atoms with van der Waals surface area (Å²) in [6, 6.07) is 6.59. The van der Waals surface area contributed by atoms with Crippen molar-refractivity contribution in [3.63, 3.8) is 0 Å². The Balaban J connectivity index is 1.71. The van der Waals surface area contributed by atoms with Crippen LogP contribution >= 0.6 is 11.3 Å². The van der Waals surface area contributed by atoms with E-state index in [0.29, 0.717) is 0 Å². The standard InChI is InChI=1S/C15H14FN3S/c1-10-8-20-15-13(10)14(18-9-19-15)17-7-6-11-2-4-12(16)5-3-11/h2-5,8-9H,6-7H2,1H3,(H,17,18,19). The quantitative estimate of drug-likeness (QED) is 0.793. The molecule has 0 amide bonds. The molecule has 0 aliphatic carbocycles. The minimum atomic E-state index is -0.201. The summed E-state index contributed by atoms with van der Waals surface area (Å²) < 4.78 is 12.8. The Labute approximate surface area is 120 Å². The Bertz CT molecular complexity index is 722. The van der Waals surface area contributed by atoms with Crippen LogP contribution in [0.15, 0.2) is 36.0 Å². The number of halogens is 1. The predicted octanol–water partition coefficient (Wildman–Crippen LogP) is 3.79. The fourth-order valence-corrected chi connectivity index (χ4v) is 3.02. The molecule has 0 fully saturated rings. The van der Waals surface area contributed by atoms with Crippen LogP contribution in [-0.4, -0.2) is 16.5 Å². The lowest BCUT2D eigenvalue weighted by molar-refractivity contribution is 0.627. The second-order valence-electron chi connectivity index (χ2n) is 4.62. The molecule has 0 atom stereocenters. The fourth-order valence-electron chi connectivity index (χ4n) is 2.13. The highest BCUT2D eigenvalue weighted by molar-refractivity contribution is 7.17. The van der Waals surface area contributed by atoms with Gasteiger partial charge < -0.3 is 5.32 Å². The van der Waals surface area contributed by atoms with Gasteiger partial charge in [-0.1, -0.05) is 12.1 Å². The minimum absolute atomic E-state index is 0.201. The van der Waals surface area contributed by atoms with Gasteiger partial charge in [-0.25, -0.2) is 14.4 Å². The molecule has 20 heavy (non-hydrogen) atoms. The molecule has 0 bridgehead atoms. The van der Waals surface area contributed by atoms with Crippen LogP contribution in [0.25, 0.3) is 10.2 Å². The van der Waals surface area contributed by atoms with E-state index in [9.17, 15) is 4.39 Å². The molecule has 1 N–H and O–H groups in total. The lowest BCUT2D eigenvalue weighted by Gasteiger charge is -2.07. The number of hydrogen-bond donors (Lipinski definition) is 1. The second-order valence-corrected chi connectivity index (χ2v) is 5.48. The van der Waals surface area contributed by atoms with Gasteiger partial charge >= 0.3 is 0 Å². The third-order valence-corrected chi connectivity index (χ3v) is 4.18. The van der Waals surface area contributed by atoms with Crippen molar-refractivity contribution in [2.75, 3.05) is 11.9 Å². The number of fused-ring (bicyclic) bond motifs is 1. The van der Waals surface area contributed by atoms with Crippen molar-refractivity contribution in [3.05, 3.63) is 52.9 Å². The normalized spacial score (nSPS) is 10.9. The monoisotopic (exact) mass is 287 g/mol. The molecule has 102 valence electrons. The van der Waals surface area contributed by atoms with Gasteiger partial charge in [0.05, 0.1) is 5.39 Å². The van der Waals surface area contributed by atoms with Gasteiger partial charge in [-0.3, -0.25) is 0 Å². The van der Waals surface area contributed by atoms with Gasteiger partial charge in [0.15, 0.2) is 0 Å². The summed E-state index contributed by atoms with van der Waals surface area (Å²) in [4.78, 5) is 9.58. The number of hydrogen-bond acceptors (Lipinski definition) is 4. The van der Waals surface area contributed by atoms with Gasteiger partial charge in [-0.05, 0) is 42.0 Å². The van der Waals surface area contributed by atoms with Crippen molar-refractivity contribution < 1.29 is 4.39 Å². The van der Waals surface area contributed by atoms with Gasteiger partial charge in [0.2, 0.25) is 0 Å². The van der Waals surface area contributed by atoms with Crippen LogP contribution in [-0.2, 0) is 6.42 Å². The Kier molecular flexibility index (Phi) is 3.60. The van der Waals surface area contributed by atoms with Crippen LogP contribution in [0.2, 0.25) is 0 Å². The molecule has 0 saturated heterocycles. The summed E-state index contributed by atoms with van der Waals surface area (Å²) in [5.41, 5.74) is 2.29. The molecule has 0 spiro atoms. The van der Waals surface area contributed by atoms with Crippen LogP contribution in [0.3, 0.4) is 0 Å². The van der Waals surface area contributed by atoms with Crippen molar-refractivity contribution >= 4 is 27.4 Å². The van der Waals surface area contributed by atoms with E-state index in [4.69, 9.17) is 0 Å². The third-order valence-electron chi connectivity index (χ3n) is 3.17.